The summed E-state index contributed by atoms with van der Waals surface area (Å²) >= 11 is 0. The molecular formula is C14H20N2O2. The maximum Gasteiger partial charge on any atom is 0.137 e. The maximum absolute atomic E-state index is 10.8. The minimum Gasteiger partial charge on any atom is -0.492 e. The van der Waals surface area contributed by atoms with Gasteiger partial charge in [0.1, 0.15) is 11.4 Å². The van der Waals surface area contributed by atoms with Gasteiger partial charge in [-0.1, -0.05) is 0 Å². The Labute approximate surface area is 108 Å². The van der Waals surface area contributed by atoms with E-state index in [0.29, 0.717) is 12.6 Å². The van der Waals surface area contributed by atoms with Gasteiger partial charge in [0.2, 0.25) is 0 Å². The van der Waals surface area contributed by atoms with Crippen LogP contribution in [0.2, 0.25) is 0 Å². The molecule has 1 unspecified atom stereocenters. The lowest BCUT2D eigenvalue weighted by molar-refractivity contribution is 0.0446. The highest BCUT2D eigenvalue weighted by Gasteiger charge is 2.43. The molecule has 0 radical (unpaired) electrons. The average molecular weight is 248 g/mol. The Balaban J connectivity index is 1.78. The van der Waals surface area contributed by atoms with E-state index in [9.17, 15) is 5.11 Å². The zero-order valence-corrected chi connectivity index (χ0v) is 10.8. The first kappa shape index (κ1) is 11.9. The number of hydrogen-bond acceptors (Lipinski definition) is 4. The van der Waals surface area contributed by atoms with Crippen molar-refractivity contribution in [3.63, 3.8) is 0 Å². The van der Waals surface area contributed by atoms with E-state index < -0.39 is 5.60 Å². The molecule has 1 N–H and O–H groups in total. The fraction of sp³-hybridized carbons (Fsp3) is 0.643. The van der Waals surface area contributed by atoms with Crippen molar-refractivity contribution in [2.24, 2.45) is 0 Å². The highest BCUT2D eigenvalue weighted by molar-refractivity contribution is 5.29. The van der Waals surface area contributed by atoms with Gasteiger partial charge in [0.05, 0.1) is 12.8 Å². The number of rotatable bonds is 4. The molecule has 2 heterocycles. The van der Waals surface area contributed by atoms with Crippen LogP contribution >= 0.6 is 0 Å². The first-order valence-electron chi connectivity index (χ1n) is 6.76. The van der Waals surface area contributed by atoms with Crippen LogP contribution in [0.3, 0.4) is 0 Å². The highest BCUT2D eigenvalue weighted by atomic mass is 16.5. The quantitative estimate of drug-likeness (QED) is 0.878. The normalized spacial score (nSPS) is 28.6. The van der Waals surface area contributed by atoms with E-state index in [1.165, 1.54) is 12.8 Å². The molecule has 3 rings (SSSR count). The van der Waals surface area contributed by atoms with Crippen molar-refractivity contribution in [2.45, 2.75) is 37.8 Å². The van der Waals surface area contributed by atoms with Gasteiger partial charge < -0.3 is 9.84 Å². The Morgan fingerprint density at radius 2 is 2.33 bits per heavy atom. The van der Waals surface area contributed by atoms with Crippen molar-refractivity contribution in [1.29, 1.82) is 0 Å². The van der Waals surface area contributed by atoms with E-state index in [-0.39, 0.29) is 0 Å². The molecule has 0 bridgehead atoms. The second-order valence-corrected chi connectivity index (χ2v) is 5.33. The van der Waals surface area contributed by atoms with Crippen LogP contribution in [0.25, 0.3) is 0 Å². The van der Waals surface area contributed by atoms with Crippen LogP contribution in [-0.4, -0.2) is 40.7 Å². The number of aliphatic hydroxyl groups is 1. The Kier molecular flexibility index (Phi) is 2.99. The topological polar surface area (TPSA) is 45.6 Å². The summed E-state index contributed by atoms with van der Waals surface area (Å²) in [5, 5.41) is 10.8. The van der Waals surface area contributed by atoms with Gasteiger partial charge in [0.25, 0.3) is 0 Å². The number of ether oxygens (including phenoxy) is 1. The van der Waals surface area contributed by atoms with E-state index in [1.807, 2.05) is 13.0 Å². The summed E-state index contributed by atoms with van der Waals surface area (Å²) in [6.45, 7) is 4.29. The fourth-order valence-corrected chi connectivity index (χ4v) is 2.73. The van der Waals surface area contributed by atoms with Crippen molar-refractivity contribution in [3.8, 4) is 5.75 Å². The van der Waals surface area contributed by atoms with Crippen molar-refractivity contribution >= 4 is 0 Å². The number of β-amino-alcohol motifs (C(OH)–C–C–N with tert-alkyl or cyclic N) is 1. The summed E-state index contributed by atoms with van der Waals surface area (Å²) in [7, 11) is 0. The average Bonchev–Trinajstić information content (AvgIpc) is 3.14. The molecule has 4 nitrogen and oxygen atoms in total. The molecule has 1 saturated carbocycles. The van der Waals surface area contributed by atoms with E-state index in [2.05, 4.69) is 9.88 Å². The molecule has 4 heteroatoms. The molecule has 2 aliphatic rings. The third-order valence-electron chi connectivity index (χ3n) is 3.90. The molecular weight excluding hydrogens is 228 g/mol. The summed E-state index contributed by atoms with van der Waals surface area (Å²) in [6, 6.07) is 2.63. The molecule has 1 atom stereocenters. The lowest BCUT2D eigenvalue weighted by Crippen LogP contribution is -2.32. The van der Waals surface area contributed by atoms with Gasteiger partial charge in [-0.25, -0.2) is 0 Å². The summed E-state index contributed by atoms with van der Waals surface area (Å²) in [6.07, 6.45) is 6.82. The van der Waals surface area contributed by atoms with Crippen LogP contribution in [0.5, 0.6) is 5.75 Å². The smallest absolute Gasteiger partial charge is 0.137 e. The first-order valence-corrected chi connectivity index (χ1v) is 6.76. The lowest BCUT2D eigenvalue weighted by atomic mass is 9.94. The standard InChI is InChI=1S/C14H20N2O2/c1-2-18-13-7-11(8-15-9-13)14(17)5-6-16(10-14)12-3-4-12/h7-9,12,17H,2-6,10H2,1H3. The highest BCUT2D eigenvalue weighted by Crippen LogP contribution is 2.38. The monoisotopic (exact) mass is 248 g/mol. The van der Waals surface area contributed by atoms with Crippen molar-refractivity contribution in [2.75, 3.05) is 19.7 Å². The molecule has 1 aliphatic heterocycles. The van der Waals surface area contributed by atoms with Crippen molar-refractivity contribution in [3.05, 3.63) is 24.0 Å². The fourth-order valence-electron chi connectivity index (χ4n) is 2.73. The molecule has 1 aromatic rings. The Bertz CT molecular complexity index is 434. The molecule has 98 valence electrons. The largest absolute Gasteiger partial charge is 0.492 e. The zero-order chi connectivity index (χ0) is 12.6. The van der Waals surface area contributed by atoms with Crippen LogP contribution in [-0.2, 0) is 5.60 Å². The first-order chi connectivity index (χ1) is 8.71. The molecule has 0 spiro atoms. The third-order valence-corrected chi connectivity index (χ3v) is 3.90. The SMILES string of the molecule is CCOc1cncc(C2(O)CCN(C3CC3)C2)c1. The minimum absolute atomic E-state index is 0.623. The van der Waals surface area contributed by atoms with E-state index in [1.54, 1.807) is 12.4 Å². The zero-order valence-electron chi connectivity index (χ0n) is 10.8. The summed E-state index contributed by atoms with van der Waals surface area (Å²) in [4.78, 5) is 6.57. The van der Waals surface area contributed by atoms with Crippen LogP contribution in [0.4, 0.5) is 0 Å². The van der Waals surface area contributed by atoms with Crippen molar-refractivity contribution in [1.82, 2.24) is 9.88 Å². The number of nitrogens with zero attached hydrogens (tertiary/aromatic N) is 2. The molecule has 1 aromatic heterocycles. The number of hydrogen-bond donors (Lipinski definition) is 1. The maximum atomic E-state index is 10.8. The Morgan fingerprint density at radius 1 is 1.50 bits per heavy atom. The Morgan fingerprint density at radius 3 is 3.06 bits per heavy atom. The van der Waals surface area contributed by atoms with Gasteiger partial charge in [-0.2, -0.15) is 0 Å². The molecule has 18 heavy (non-hydrogen) atoms. The van der Waals surface area contributed by atoms with Gasteiger partial charge in [-0.05, 0) is 32.3 Å². The number of pyridine rings is 1. The predicted octanol–water partition coefficient (Wildman–Crippen LogP) is 1.54. The van der Waals surface area contributed by atoms with Crippen LogP contribution in [0, 0.1) is 0 Å². The third kappa shape index (κ3) is 2.22. The van der Waals surface area contributed by atoms with Crippen molar-refractivity contribution < 1.29 is 9.84 Å². The number of aromatic nitrogens is 1. The summed E-state index contributed by atoms with van der Waals surface area (Å²) in [5.41, 5.74) is 0.138. The number of likely N-dealkylation sites (tertiary alicyclic amines) is 1. The van der Waals surface area contributed by atoms with Gasteiger partial charge in [0.15, 0.2) is 0 Å². The predicted molar refractivity (Wildman–Crippen MR) is 68.5 cm³/mol. The van der Waals surface area contributed by atoms with Crippen LogP contribution in [0.15, 0.2) is 18.5 Å². The molecule has 1 saturated heterocycles. The van der Waals surface area contributed by atoms with E-state index >= 15 is 0 Å². The van der Waals surface area contributed by atoms with Crippen LogP contribution in [0.1, 0.15) is 31.7 Å². The summed E-state index contributed by atoms with van der Waals surface area (Å²) < 4.78 is 5.45. The summed E-state index contributed by atoms with van der Waals surface area (Å²) in [5.74, 6) is 0.744. The molecule has 2 fully saturated rings. The van der Waals surface area contributed by atoms with Gasteiger partial charge >= 0.3 is 0 Å². The molecule has 0 aromatic carbocycles. The van der Waals surface area contributed by atoms with Gasteiger partial charge in [-0.15, -0.1) is 0 Å². The molecule has 1 aliphatic carbocycles. The second-order valence-electron chi connectivity index (χ2n) is 5.33. The van der Waals surface area contributed by atoms with Gasteiger partial charge in [-0.3, -0.25) is 9.88 Å². The minimum atomic E-state index is -0.747. The van der Waals surface area contributed by atoms with E-state index in [4.69, 9.17) is 4.74 Å². The second kappa shape index (κ2) is 4.52. The lowest BCUT2D eigenvalue weighted by Gasteiger charge is -2.24. The van der Waals surface area contributed by atoms with Crippen LogP contribution < -0.4 is 4.74 Å². The van der Waals surface area contributed by atoms with Gasteiger partial charge in [0, 0.05) is 30.9 Å². The van der Waals surface area contributed by atoms with E-state index in [0.717, 1.165) is 30.8 Å². The molecule has 0 amide bonds. The Hall–Kier alpha value is -1.13.